The number of nitrogens with zero attached hydrogens (tertiary/aromatic N) is 4. The number of ether oxygens (including phenoxy) is 1. The summed E-state index contributed by atoms with van der Waals surface area (Å²) < 4.78 is 6.84. The van der Waals surface area contributed by atoms with Crippen LogP contribution in [-0.4, -0.2) is 32.8 Å². The number of halogens is 1. The van der Waals surface area contributed by atoms with Crippen LogP contribution >= 0.6 is 11.6 Å². The summed E-state index contributed by atoms with van der Waals surface area (Å²) >= 11 is 5.72. The van der Waals surface area contributed by atoms with Crippen molar-refractivity contribution in [1.29, 1.82) is 0 Å². The van der Waals surface area contributed by atoms with Gasteiger partial charge in [-0.1, -0.05) is 11.6 Å². The third-order valence-corrected chi connectivity index (χ3v) is 2.94. The van der Waals surface area contributed by atoms with Crippen LogP contribution in [0.1, 0.15) is 5.69 Å². The van der Waals surface area contributed by atoms with Crippen LogP contribution in [0.2, 0.25) is 5.02 Å². The van der Waals surface area contributed by atoms with Gasteiger partial charge in [-0.25, -0.2) is 9.67 Å². The maximum atomic E-state index is 11.0. The summed E-state index contributed by atoms with van der Waals surface area (Å²) in [6.45, 7) is 2.28. The Bertz CT molecular complexity index is 641. The van der Waals surface area contributed by atoms with Gasteiger partial charge in [0.25, 0.3) is 0 Å². The molecule has 0 saturated heterocycles. The van der Waals surface area contributed by atoms with Gasteiger partial charge < -0.3 is 10.1 Å². The Morgan fingerprint density at radius 1 is 1.52 bits per heavy atom. The molecule has 0 aliphatic rings. The molecular formula is C12H14ClN5O3. The Balaban J connectivity index is 1.92. The minimum atomic E-state index is -0.452. The van der Waals surface area contributed by atoms with E-state index in [1.165, 1.54) is 10.9 Å². The first kappa shape index (κ1) is 15.0. The van der Waals surface area contributed by atoms with E-state index < -0.39 is 4.92 Å². The summed E-state index contributed by atoms with van der Waals surface area (Å²) in [7, 11) is 1.64. The molecule has 0 aliphatic heterocycles. The predicted octanol–water partition coefficient (Wildman–Crippen LogP) is 2.18. The molecule has 112 valence electrons. The molecule has 0 saturated carbocycles. The fourth-order valence-electron chi connectivity index (χ4n) is 1.84. The first-order valence-electron chi connectivity index (χ1n) is 6.15. The van der Waals surface area contributed by atoms with Crippen LogP contribution in [0.15, 0.2) is 18.3 Å². The lowest BCUT2D eigenvalue weighted by Gasteiger charge is -2.07. The Labute approximate surface area is 125 Å². The summed E-state index contributed by atoms with van der Waals surface area (Å²) in [6, 6.07) is 3.33. The topological polar surface area (TPSA) is 95.1 Å². The van der Waals surface area contributed by atoms with E-state index in [0.29, 0.717) is 35.6 Å². The van der Waals surface area contributed by atoms with Crippen LogP contribution in [0.5, 0.6) is 5.88 Å². The van der Waals surface area contributed by atoms with Gasteiger partial charge in [0.15, 0.2) is 0 Å². The zero-order valence-corrected chi connectivity index (χ0v) is 12.3. The summed E-state index contributed by atoms with van der Waals surface area (Å²) in [5.74, 6) is 0.794. The van der Waals surface area contributed by atoms with Crippen LogP contribution < -0.4 is 10.1 Å². The van der Waals surface area contributed by atoms with Gasteiger partial charge in [-0.3, -0.25) is 10.1 Å². The largest absolute Gasteiger partial charge is 0.476 e. The number of aryl methyl sites for hydroxylation is 2. The van der Waals surface area contributed by atoms with Gasteiger partial charge >= 0.3 is 5.69 Å². The zero-order valence-electron chi connectivity index (χ0n) is 11.5. The smallest absolute Gasteiger partial charge is 0.333 e. The lowest BCUT2D eigenvalue weighted by molar-refractivity contribution is -0.384. The van der Waals surface area contributed by atoms with E-state index in [1.807, 2.05) is 0 Å². The molecule has 0 bridgehead atoms. The highest BCUT2D eigenvalue weighted by Gasteiger charge is 2.23. The van der Waals surface area contributed by atoms with E-state index in [4.69, 9.17) is 16.3 Å². The first-order valence-corrected chi connectivity index (χ1v) is 6.53. The molecule has 0 amide bonds. The first-order chi connectivity index (χ1) is 9.99. The number of aromatic nitrogens is 3. The number of rotatable bonds is 6. The zero-order chi connectivity index (χ0) is 15.4. The minimum Gasteiger partial charge on any atom is -0.476 e. The molecular weight excluding hydrogens is 298 g/mol. The maximum Gasteiger partial charge on any atom is 0.333 e. The molecule has 9 heteroatoms. The van der Waals surface area contributed by atoms with Gasteiger partial charge in [0, 0.05) is 19.3 Å². The number of nitro groups is 1. The number of pyridine rings is 1. The fraction of sp³-hybridized carbons (Fsp3) is 0.333. The van der Waals surface area contributed by atoms with Gasteiger partial charge in [0.05, 0.1) is 16.5 Å². The number of nitrogens with one attached hydrogen (secondary N) is 1. The quantitative estimate of drug-likeness (QED) is 0.499. The van der Waals surface area contributed by atoms with Crippen molar-refractivity contribution in [1.82, 2.24) is 14.8 Å². The standard InChI is InChI=1S/C12H14ClN5O3/c1-8-11(18(19)20)12(17(2)16-8)14-5-6-21-10-4-3-9(13)7-15-10/h3-4,7,14H,5-6H2,1-2H3. The van der Waals surface area contributed by atoms with Gasteiger partial charge in [-0.05, 0) is 13.0 Å². The number of anilines is 1. The van der Waals surface area contributed by atoms with E-state index in [0.717, 1.165) is 0 Å². The molecule has 2 rings (SSSR count). The van der Waals surface area contributed by atoms with Crippen molar-refractivity contribution >= 4 is 23.1 Å². The number of hydrogen-bond acceptors (Lipinski definition) is 6. The monoisotopic (exact) mass is 311 g/mol. The molecule has 0 spiro atoms. The van der Waals surface area contributed by atoms with Crippen molar-refractivity contribution in [2.75, 3.05) is 18.5 Å². The third kappa shape index (κ3) is 3.60. The highest BCUT2D eigenvalue weighted by atomic mass is 35.5. The summed E-state index contributed by atoms with van der Waals surface area (Å²) in [6.07, 6.45) is 1.49. The van der Waals surface area contributed by atoms with Crippen molar-refractivity contribution in [3.05, 3.63) is 39.2 Å². The summed E-state index contributed by atoms with van der Waals surface area (Å²) in [5.41, 5.74) is 0.340. The van der Waals surface area contributed by atoms with E-state index >= 15 is 0 Å². The normalized spacial score (nSPS) is 10.4. The Kier molecular flexibility index (Phi) is 4.59. The predicted molar refractivity (Wildman–Crippen MR) is 77.8 cm³/mol. The Morgan fingerprint density at radius 2 is 2.29 bits per heavy atom. The average Bonchev–Trinajstić information content (AvgIpc) is 2.71. The molecule has 0 aromatic carbocycles. The molecule has 0 radical (unpaired) electrons. The van der Waals surface area contributed by atoms with Gasteiger partial charge in [0.2, 0.25) is 11.7 Å². The number of hydrogen-bond donors (Lipinski definition) is 1. The lowest BCUT2D eigenvalue weighted by Crippen LogP contribution is -2.14. The second-order valence-corrected chi connectivity index (χ2v) is 4.69. The molecule has 0 fully saturated rings. The minimum absolute atomic E-state index is 0.0258. The maximum absolute atomic E-state index is 11.0. The van der Waals surface area contributed by atoms with Crippen molar-refractivity contribution in [2.24, 2.45) is 7.05 Å². The van der Waals surface area contributed by atoms with E-state index in [1.54, 1.807) is 26.1 Å². The molecule has 21 heavy (non-hydrogen) atoms. The second kappa shape index (κ2) is 6.40. The molecule has 2 aromatic heterocycles. The fourth-order valence-corrected chi connectivity index (χ4v) is 1.95. The highest BCUT2D eigenvalue weighted by Crippen LogP contribution is 2.26. The van der Waals surface area contributed by atoms with E-state index in [2.05, 4.69) is 15.4 Å². The molecule has 8 nitrogen and oxygen atoms in total. The second-order valence-electron chi connectivity index (χ2n) is 4.25. The van der Waals surface area contributed by atoms with Gasteiger partial charge in [0.1, 0.15) is 12.3 Å². The van der Waals surface area contributed by atoms with Crippen molar-refractivity contribution in [3.63, 3.8) is 0 Å². The molecule has 0 aliphatic carbocycles. The van der Waals surface area contributed by atoms with Crippen molar-refractivity contribution < 1.29 is 9.66 Å². The van der Waals surface area contributed by atoms with Crippen LogP contribution in [0, 0.1) is 17.0 Å². The molecule has 2 heterocycles. The van der Waals surface area contributed by atoms with Crippen LogP contribution in [-0.2, 0) is 7.05 Å². The Morgan fingerprint density at radius 3 is 2.90 bits per heavy atom. The van der Waals surface area contributed by atoms with Gasteiger partial charge in [-0.15, -0.1) is 0 Å². The summed E-state index contributed by atoms with van der Waals surface area (Å²) in [5, 5.41) is 18.5. The van der Waals surface area contributed by atoms with Crippen molar-refractivity contribution in [3.8, 4) is 5.88 Å². The molecule has 1 N–H and O–H groups in total. The third-order valence-electron chi connectivity index (χ3n) is 2.72. The van der Waals surface area contributed by atoms with E-state index in [9.17, 15) is 10.1 Å². The van der Waals surface area contributed by atoms with Crippen LogP contribution in [0.3, 0.4) is 0 Å². The molecule has 0 unspecified atom stereocenters. The summed E-state index contributed by atoms with van der Waals surface area (Å²) in [4.78, 5) is 14.5. The van der Waals surface area contributed by atoms with Crippen molar-refractivity contribution in [2.45, 2.75) is 6.92 Å². The average molecular weight is 312 g/mol. The van der Waals surface area contributed by atoms with Gasteiger partial charge in [-0.2, -0.15) is 5.10 Å². The van der Waals surface area contributed by atoms with Crippen LogP contribution in [0.4, 0.5) is 11.5 Å². The molecule has 0 atom stereocenters. The SMILES string of the molecule is Cc1nn(C)c(NCCOc2ccc(Cl)cn2)c1[N+](=O)[O-]. The Hall–Kier alpha value is -2.35. The van der Waals surface area contributed by atoms with E-state index in [-0.39, 0.29) is 5.69 Å². The molecule has 2 aromatic rings. The lowest BCUT2D eigenvalue weighted by atomic mass is 10.4. The highest BCUT2D eigenvalue weighted by molar-refractivity contribution is 6.30. The van der Waals surface area contributed by atoms with Crippen LogP contribution in [0.25, 0.3) is 0 Å².